The molecule has 1 amide bonds. The molecule has 0 aromatic carbocycles. The fraction of sp³-hybridized carbons (Fsp3) is 0.905. The third-order valence-corrected chi connectivity index (χ3v) is 5.40. The van der Waals surface area contributed by atoms with Crippen LogP contribution in [0.4, 0.5) is 0 Å². The van der Waals surface area contributed by atoms with Crippen LogP contribution >= 0.6 is 0 Å². The molecule has 7 nitrogen and oxygen atoms in total. The maximum atomic E-state index is 12.1. The van der Waals surface area contributed by atoms with Gasteiger partial charge in [-0.05, 0) is 44.9 Å². The van der Waals surface area contributed by atoms with Gasteiger partial charge in [-0.3, -0.25) is 9.79 Å². The number of guanidine groups is 1. The van der Waals surface area contributed by atoms with Crippen molar-refractivity contribution in [1.29, 1.82) is 0 Å². The van der Waals surface area contributed by atoms with E-state index in [0.717, 1.165) is 90.7 Å². The van der Waals surface area contributed by atoms with Crippen molar-refractivity contribution in [3.63, 3.8) is 0 Å². The lowest BCUT2D eigenvalue weighted by atomic mass is 10.0. The van der Waals surface area contributed by atoms with E-state index < -0.39 is 0 Å². The number of hydrogen-bond acceptors (Lipinski definition) is 4. The van der Waals surface area contributed by atoms with Crippen LogP contribution in [0.1, 0.15) is 52.9 Å². The molecule has 2 aliphatic heterocycles. The number of nitrogens with one attached hydrogen (secondary N) is 2. The van der Waals surface area contributed by atoms with Gasteiger partial charge in [0, 0.05) is 64.6 Å². The Morgan fingerprint density at radius 1 is 1.21 bits per heavy atom. The summed E-state index contributed by atoms with van der Waals surface area (Å²) in [5, 5.41) is 6.86. The van der Waals surface area contributed by atoms with Crippen LogP contribution in [0.25, 0.3) is 0 Å². The smallest absolute Gasteiger partial charge is 0.225 e. The van der Waals surface area contributed by atoms with Crippen LogP contribution in [-0.2, 0) is 14.3 Å². The van der Waals surface area contributed by atoms with E-state index in [1.54, 1.807) is 0 Å². The largest absolute Gasteiger partial charge is 0.381 e. The molecule has 2 saturated heterocycles. The summed E-state index contributed by atoms with van der Waals surface area (Å²) in [6.45, 7) is 12.6. The Morgan fingerprint density at radius 3 is 2.57 bits per heavy atom. The molecule has 2 rings (SSSR count). The molecule has 7 heteroatoms. The first kappa shape index (κ1) is 22.9. The fourth-order valence-corrected chi connectivity index (χ4v) is 3.64. The molecule has 0 aromatic heterocycles. The number of carbonyl (C=O) groups excluding carboxylic acids is 1. The van der Waals surface area contributed by atoms with Crippen molar-refractivity contribution in [2.75, 3.05) is 52.6 Å². The molecule has 0 bridgehead atoms. The van der Waals surface area contributed by atoms with E-state index in [0.29, 0.717) is 12.0 Å². The maximum Gasteiger partial charge on any atom is 0.225 e. The molecule has 2 aliphatic rings. The van der Waals surface area contributed by atoms with E-state index in [1.165, 1.54) is 0 Å². The highest BCUT2D eigenvalue weighted by Crippen LogP contribution is 2.15. The SMILES string of the molecule is CCNC(=NCCCOCC1CCOCC1)NC1CCN(C(=O)C(C)C)CC1. The van der Waals surface area contributed by atoms with Crippen molar-refractivity contribution < 1.29 is 14.3 Å². The van der Waals surface area contributed by atoms with Gasteiger partial charge in [-0.1, -0.05) is 13.8 Å². The summed E-state index contributed by atoms with van der Waals surface area (Å²) in [6, 6.07) is 0.374. The number of carbonyl (C=O) groups is 1. The van der Waals surface area contributed by atoms with E-state index in [4.69, 9.17) is 9.47 Å². The van der Waals surface area contributed by atoms with Gasteiger partial charge in [0.2, 0.25) is 5.91 Å². The minimum absolute atomic E-state index is 0.0806. The Hall–Kier alpha value is -1.34. The predicted octanol–water partition coefficient (Wildman–Crippen LogP) is 2.02. The average molecular weight is 397 g/mol. The summed E-state index contributed by atoms with van der Waals surface area (Å²) in [6.07, 6.45) is 5.11. The lowest BCUT2D eigenvalue weighted by Crippen LogP contribution is -2.50. The van der Waals surface area contributed by atoms with Crippen LogP contribution in [0.2, 0.25) is 0 Å². The summed E-state index contributed by atoms with van der Waals surface area (Å²) in [4.78, 5) is 18.8. The zero-order valence-corrected chi connectivity index (χ0v) is 18.0. The van der Waals surface area contributed by atoms with Crippen molar-refractivity contribution in [2.45, 2.75) is 58.9 Å². The Balaban J connectivity index is 1.63. The minimum Gasteiger partial charge on any atom is -0.381 e. The van der Waals surface area contributed by atoms with Gasteiger partial charge in [0.05, 0.1) is 0 Å². The second-order valence-electron chi connectivity index (χ2n) is 8.14. The number of aliphatic imine (C=N–C) groups is 1. The Kier molecular flexibility index (Phi) is 10.6. The highest BCUT2D eigenvalue weighted by Gasteiger charge is 2.24. The van der Waals surface area contributed by atoms with Crippen LogP contribution in [0, 0.1) is 11.8 Å². The Labute approximate surface area is 170 Å². The van der Waals surface area contributed by atoms with E-state index in [1.807, 2.05) is 18.7 Å². The molecule has 0 spiro atoms. The number of rotatable bonds is 9. The maximum absolute atomic E-state index is 12.1. The number of hydrogen-bond donors (Lipinski definition) is 2. The second-order valence-corrected chi connectivity index (χ2v) is 8.14. The van der Waals surface area contributed by atoms with Crippen LogP contribution in [0.5, 0.6) is 0 Å². The first-order chi connectivity index (χ1) is 13.6. The molecule has 0 saturated carbocycles. The third-order valence-electron chi connectivity index (χ3n) is 5.40. The lowest BCUT2D eigenvalue weighted by molar-refractivity contribution is -0.135. The van der Waals surface area contributed by atoms with E-state index in [-0.39, 0.29) is 11.8 Å². The second kappa shape index (κ2) is 13.0. The topological polar surface area (TPSA) is 75.2 Å². The van der Waals surface area contributed by atoms with Crippen molar-refractivity contribution in [3.8, 4) is 0 Å². The van der Waals surface area contributed by atoms with Crippen LogP contribution < -0.4 is 10.6 Å². The number of likely N-dealkylation sites (tertiary alicyclic amines) is 1. The molecule has 0 aliphatic carbocycles. The van der Waals surface area contributed by atoms with Crippen molar-refractivity contribution >= 4 is 11.9 Å². The summed E-state index contributed by atoms with van der Waals surface area (Å²) in [7, 11) is 0. The van der Waals surface area contributed by atoms with Crippen LogP contribution in [0.15, 0.2) is 4.99 Å². The third kappa shape index (κ3) is 8.35. The van der Waals surface area contributed by atoms with Crippen LogP contribution in [-0.4, -0.2) is 75.4 Å². The van der Waals surface area contributed by atoms with Gasteiger partial charge < -0.3 is 25.0 Å². The van der Waals surface area contributed by atoms with Crippen molar-refractivity contribution in [3.05, 3.63) is 0 Å². The molecule has 0 unspecified atom stereocenters. The molecule has 162 valence electrons. The first-order valence-electron chi connectivity index (χ1n) is 11.1. The zero-order valence-electron chi connectivity index (χ0n) is 18.0. The highest BCUT2D eigenvalue weighted by atomic mass is 16.5. The minimum atomic E-state index is 0.0806. The monoisotopic (exact) mass is 396 g/mol. The summed E-state index contributed by atoms with van der Waals surface area (Å²) in [5.41, 5.74) is 0. The lowest BCUT2D eigenvalue weighted by Gasteiger charge is -2.34. The summed E-state index contributed by atoms with van der Waals surface area (Å²) in [5.74, 6) is 1.88. The van der Waals surface area contributed by atoms with Gasteiger partial charge >= 0.3 is 0 Å². The molecule has 2 N–H and O–H groups in total. The van der Waals surface area contributed by atoms with Gasteiger partial charge in [-0.15, -0.1) is 0 Å². The Bertz CT molecular complexity index is 470. The van der Waals surface area contributed by atoms with E-state index >= 15 is 0 Å². The van der Waals surface area contributed by atoms with Gasteiger partial charge in [-0.2, -0.15) is 0 Å². The van der Waals surface area contributed by atoms with Crippen molar-refractivity contribution in [1.82, 2.24) is 15.5 Å². The van der Waals surface area contributed by atoms with Gasteiger partial charge in [0.25, 0.3) is 0 Å². The highest BCUT2D eigenvalue weighted by molar-refractivity contribution is 5.80. The Morgan fingerprint density at radius 2 is 1.93 bits per heavy atom. The number of piperidine rings is 1. The van der Waals surface area contributed by atoms with E-state index in [9.17, 15) is 4.79 Å². The van der Waals surface area contributed by atoms with E-state index in [2.05, 4.69) is 22.5 Å². The van der Waals surface area contributed by atoms with Gasteiger partial charge in [0.15, 0.2) is 5.96 Å². The summed E-state index contributed by atoms with van der Waals surface area (Å²) < 4.78 is 11.2. The quantitative estimate of drug-likeness (QED) is 0.354. The number of nitrogens with zero attached hydrogens (tertiary/aromatic N) is 2. The standard InChI is InChI=1S/C21H40N4O3/c1-4-22-21(23-10-5-13-28-16-18-8-14-27-15-9-18)24-19-6-11-25(12-7-19)20(26)17(2)3/h17-19H,4-16H2,1-3H3,(H2,22,23,24). The molecule has 2 heterocycles. The fourth-order valence-electron chi connectivity index (χ4n) is 3.64. The summed E-state index contributed by atoms with van der Waals surface area (Å²) >= 11 is 0. The first-order valence-corrected chi connectivity index (χ1v) is 11.1. The predicted molar refractivity (Wildman–Crippen MR) is 113 cm³/mol. The number of ether oxygens (including phenoxy) is 2. The van der Waals surface area contributed by atoms with Gasteiger partial charge in [0.1, 0.15) is 0 Å². The molecule has 0 atom stereocenters. The van der Waals surface area contributed by atoms with Crippen LogP contribution in [0.3, 0.4) is 0 Å². The molecular weight excluding hydrogens is 356 g/mol. The van der Waals surface area contributed by atoms with Gasteiger partial charge in [-0.25, -0.2) is 0 Å². The average Bonchev–Trinajstić information content (AvgIpc) is 2.71. The normalized spacial score (nSPS) is 19.9. The zero-order chi connectivity index (χ0) is 20.2. The molecular formula is C21H40N4O3. The molecule has 2 fully saturated rings. The molecule has 28 heavy (non-hydrogen) atoms. The molecule has 0 aromatic rings. The van der Waals surface area contributed by atoms with Crippen molar-refractivity contribution in [2.24, 2.45) is 16.8 Å². The number of amides is 1. The molecule has 0 radical (unpaired) electrons.